The monoisotopic (exact) mass is 215 g/mol. The van der Waals surface area contributed by atoms with E-state index < -0.39 is 12.0 Å². The lowest BCUT2D eigenvalue weighted by Gasteiger charge is -2.08. The predicted octanol–water partition coefficient (Wildman–Crippen LogP) is 1.00. The highest BCUT2D eigenvalue weighted by molar-refractivity contribution is 6.32. The third-order valence-corrected chi connectivity index (χ3v) is 2.13. The number of halogens is 1. The van der Waals surface area contributed by atoms with E-state index in [1.165, 1.54) is 6.07 Å². The maximum Gasteiger partial charge on any atom is 0.320 e. The van der Waals surface area contributed by atoms with Gasteiger partial charge in [-0.2, -0.15) is 0 Å². The van der Waals surface area contributed by atoms with Crippen LogP contribution in [0.2, 0.25) is 5.02 Å². The van der Waals surface area contributed by atoms with Crippen LogP contribution in [-0.2, 0) is 11.2 Å². The molecule has 5 heteroatoms. The fraction of sp³-hybridized carbons (Fsp3) is 0.222. The number of aliphatic carboxylic acids is 1. The number of benzene rings is 1. The molecule has 0 radical (unpaired) electrons. The first kappa shape index (κ1) is 10.8. The molecule has 0 amide bonds. The smallest absolute Gasteiger partial charge is 0.320 e. The Kier molecular flexibility index (Phi) is 3.33. The Balaban J connectivity index is 2.87. The first-order valence-electron chi connectivity index (χ1n) is 3.97. The SMILES string of the molecule is N[C@@H](Cc1cccc(Cl)c1O)C(=O)O. The molecular weight excluding hydrogens is 206 g/mol. The molecule has 0 bridgehead atoms. The molecule has 0 saturated heterocycles. The second kappa shape index (κ2) is 4.30. The van der Waals surface area contributed by atoms with Crippen LogP contribution < -0.4 is 5.73 Å². The van der Waals surface area contributed by atoms with E-state index >= 15 is 0 Å². The summed E-state index contributed by atoms with van der Waals surface area (Å²) < 4.78 is 0. The molecule has 0 spiro atoms. The van der Waals surface area contributed by atoms with Gasteiger partial charge in [-0.05, 0) is 11.6 Å². The molecule has 14 heavy (non-hydrogen) atoms. The zero-order valence-electron chi connectivity index (χ0n) is 7.27. The summed E-state index contributed by atoms with van der Waals surface area (Å²) in [5, 5.41) is 18.2. The van der Waals surface area contributed by atoms with Crippen molar-refractivity contribution >= 4 is 17.6 Å². The van der Waals surface area contributed by atoms with E-state index in [0.717, 1.165) is 0 Å². The molecule has 1 aromatic carbocycles. The second-order valence-electron chi connectivity index (χ2n) is 2.90. The van der Waals surface area contributed by atoms with Crippen LogP contribution in [0.1, 0.15) is 5.56 Å². The molecule has 1 atom stereocenters. The summed E-state index contributed by atoms with van der Waals surface area (Å²) in [5.74, 6) is -1.21. The lowest BCUT2D eigenvalue weighted by Crippen LogP contribution is -2.32. The van der Waals surface area contributed by atoms with Gasteiger partial charge in [0.25, 0.3) is 0 Å². The molecule has 76 valence electrons. The second-order valence-corrected chi connectivity index (χ2v) is 3.30. The minimum Gasteiger partial charge on any atom is -0.506 e. The van der Waals surface area contributed by atoms with Gasteiger partial charge in [0.05, 0.1) is 5.02 Å². The van der Waals surface area contributed by atoms with Crippen molar-refractivity contribution in [2.24, 2.45) is 5.73 Å². The highest BCUT2D eigenvalue weighted by Gasteiger charge is 2.15. The van der Waals surface area contributed by atoms with Crippen LogP contribution in [0.5, 0.6) is 5.75 Å². The third kappa shape index (κ3) is 2.37. The maximum atomic E-state index is 10.5. The number of phenols is 1. The van der Waals surface area contributed by atoms with Crippen LogP contribution in [0, 0.1) is 0 Å². The van der Waals surface area contributed by atoms with Crippen LogP contribution in [0.25, 0.3) is 0 Å². The molecule has 4 nitrogen and oxygen atoms in total. The molecule has 0 aliphatic rings. The van der Waals surface area contributed by atoms with Gasteiger partial charge < -0.3 is 15.9 Å². The minimum atomic E-state index is -1.11. The van der Waals surface area contributed by atoms with E-state index in [9.17, 15) is 9.90 Å². The number of hydrogen-bond donors (Lipinski definition) is 3. The molecule has 0 aliphatic heterocycles. The molecule has 0 fully saturated rings. The summed E-state index contributed by atoms with van der Waals surface area (Å²) >= 11 is 5.64. The summed E-state index contributed by atoms with van der Waals surface area (Å²) in [5.41, 5.74) is 5.75. The summed E-state index contributed by atoms with van der Waals surface area (Å²) in [6.07, 6.45) is 0.0573. The predicted molar refractivity (Wildman–Crippen MR) is 52.4 cm³/mol. The summed E-state index contributed by atoms with van der Waals surface area (Å²) in [6.45, 7) is 0. The number of carboxylic acid groups (broad SMARTS) is 1. The number of nitrogens with two attached hydrogens (primary N) is 1. The Bertz CT molecular complexity index is 354. The van der Waals surface area contributed by atoms with Gasteiger partial charge in [0, 0.05) is 6.42 Å². The lowest BCUT2D eigenvalue weighted by molar-refractivity contribution is -0.138. The first-order chi connectivity index (χ1) is 6.52. The summed E-state index contributed by atoms with van der Waals surface area (Å²) in [6, 6.07) is 3.71. The van der Waals surface area contributed by atoms with E-state index in [1.807, 2.05) is 0 Å². The zero-order valence-corrected chi connectivity index (χ0v) is 8.03. The number of carbonyl (C=O) groups is 1. The van der Waals surface area contributed by atoms with Crippen molar-refractivity contribution in [3.05, 3.63) is 28.8 Å². The van der Waals surface area contributed by atoms with Gasteiger partial charge in [-0.3, -0.25) is 4.79 Å². The normalized spacial score (nSPS) is 12.4. The van der Waals surface area contributed by atoms with Crippen LogP contribution in [0.15, 0.2) is 18.2 Å². The van der Waals surface area contributed by atoms with Gasteiger partial charge >= 0.3 is 5.97 Å². The fourth-order valence-electron chi connectivity index (χ4n) is 1.05. The summed E-state index contributed by atoms with van der Waals surface area (Å²) in [7, 11) is 0. The fourth-order valence-corrected chi connectivity index (χ4v) is 1.24. The van der Waals surface area contributed by atoms with E-state index in [2.05, 4.69) is 0 Å². The highest BCUT2D eigenvalue weighted by Crippen LogP contribution is 2.27. The standard InChI is InChI=1S/C9H10ClNO3/c10-6-3-1-2-5(8(6)12)4-7(11)9(13)14/h1-3,7,12H,4,11H2,(H,13,14)/t7-/m0/s1. The highest BCUT2D eigenvalue weighted by atomic mass is 35.5. The molecule has 0 aromatic heterocycles. The van der Waals surface area contributed by atoms with Crippen molar-refractivity contribution in [1.29, 1.82) is 0 Å². The Morgan fingerprint density at radius 2 is 2.21 bits per heavy atom. The van der Waals surface area contributed by atoms with Gasteiger partial charge in [0.2, 0.25) is 0 Å². The number of phenolic OH excluding ortho intramolecular Hbond substituents is 1. The average molecular weight is 216 g/mol. The molecule has 1 rings (SSSR count). The molecule has 1 aromatic rings. The van der Waals surface area contributed by atoms with Gasteiger partial charge in [0.1, 0.15) is 11.8 Å². The summed E-state index contributed by atoms with van der Waals surface area (Å²) in [4.78, 5) is 10.5. The molecular formula is C9H10ClNO3. The van der Waals surface area contributed by atoms with Crippen molar-refractivity contribution in [1.82, 2.24) is 0 Å². The average Bonchev–Trinajstić information content (AvgIpc) is 2.12. The van der Waals surface area contributed by atoms with Crippen molar-refractivity contribution in [3.8, 4) is 5.75 Å². The third-order valence-electron chi connectivity index (χ3n) is 1.83. The number of rotatable bonds is 3. The minimum absolute atomic E-state index is 0.0573. The molecule has 0 heterocycles. The zero-order chi connectivity index (χ0) is 10.7. The molecule has 4 N–H and O–H groups in total. The number of aromatic hydroxyl groups is 1. The Morgan fingerprint density at radius 3 is 2.79 bits per heavy atom. The van der Waals surface area contributed by atoms with E-state index in [4.69, 9.17) is 22.4 Å². The largest absolute Gasteiger partial charge is 0.506 e. The molecule has 0 unspecified atom stereocenters. The number of carboxylic acids is 1. The van der Waals surface area contributed by atoms with E-state index in [-0.39, 0.29) is 17.2 Å². The van der Waals surface area contributed by atoms with Crippen LogP contribution in [0.3, 0.4) is 0 Å². The van der Waals surface area contributed by atoms with Crippen LogP contribution >= 0.6 is 11.6 Å². The molecule has 0 saturated carbocycles. The Labute approximate surface area is 85.9 Å². The van der Waals surface area contributed by atoms with Gasteiger partial charge in [-0.1, -0.05) is 23.7 Å². The maximum absolute atomic E-state index is 10.5. The number of hydrogen-bond acceptors (Lipinski definition) is 3. The Morgan fingerprint density at radius 1 is 1.57 bits per heavy atom. The topological polar surface area (TPSA) is 83.5 Å². The van der Waals surface area contributed by atoms with Gasteiger partial charge in [-0.25, -0.2) is 0 Å². The van der Waals surface area contributed by atoms with Crippen molar-refractivity contribution in [2.45, 2.75) is 12.5 Å². The molecule has 0 aliphatic carbocycles. The van der Waals surface area contributed by atoms with Crippen molar-refractivity contribution < 1.29 is 15.0 Å². The quantitative estimate of drug-likeness (QED) is 0.703. The Hall–Kier alpha value is -1.26. The van der Waals surface area contributed by atoms with Crippen LogP contribution in [0.4, 0.5) is 0 Å². The van der Waals surface area contributed by atoms with Gasteiger partial charge in [-0.15, -0.1) is 0 Å². The van der Waals surface area contributed by atoms with E-state index in [1.54, 1.807) is 12.1 Å². The lowest BCUT2D eigenvalue weighted by atomic mass is 10.1. The van der Waals surface area contributed by atoms with E-state index in [0.29, 0.717) is 5.56 Å². The van der Waals surface area contributed by atoms with Crippen molar-refractivity contribution in [2.75, 3.05) is 0 Å². The number of para-hydroxylation sites is 1. The van der Waals surface area contributed by atoms with Crippen molar-refractivity contribution in [3.63, 3.8) is 0 Å². The first-order valence-corrected chi connectivity index (χ1v) is 4.35. The van der Waals surface area contributed by atoms with Gasteiger partial charge in [0.15, 0.2) is 0 Å². The van der Waals surface area contributed by atoms with Crippen LogP contribution in [-0.4, -0.2) is 22.2 Å².